The van der Waals surface area contributed by atoms with E-state index in [0.29, 0.717) is 6.42 Å². The second kappa shape index (κ2) is 5.85. The fourth-order valence-corrected chi connectivity index (χ4v) is 2.75. The molecule has 2 rings (SSSR count). The summed E-state index contributed by atoms with van der Waals surface area (Å²) in [5, 5.41) is 10.5. The Labute approximate surface area is 115 Å². The minimum Gasteiger partial charge on any atom is -0.392 e. The van der Waals surface area contributed by atoms with Crippen LogP contribution in [0.1, 0.15) is 24.5 Å². The van der Waals surface area contributed by atoms with Gasteiger partial charge in [0.05, 0.1) is 6.10 Å². The van der Waals surface area contributed by atoms with E-state index in [1.54, 1.807) is 0 Å². The second-order valence-corrected chi connectivity index (χ2v) is 4.87. The molecule has 0 fully saturated rings. The molecule has 0 heterocycles. The molecular weight excluding hydrogens is 232 g/mol. The Morgan fingerprint density at radius 1 is 1.00 bits per heavy atom. The van der Waals surface area contributed by atoms with Gasteiger partial charge in [-0.15, -0.1) is 6.58 Å². The molecule has 2 aromatic carbocycles. The number of aliphatic hydroxyl groups is 1. The monoisotopic (exact) mass is 252 g/mol. The zero-order chi connectivity index (χ0) is 13.7. The molecule has 19 heavy (non-hydrogen) atoms. The van der Waals surface area contributed by atoms with Gasteiger partial charge in [-0.05, 0) is 24.5 Å². The number of benzene rings is 2. The molecule has 0 spiro atoms. The highest BCUT2D eigenvalue weighted by Gasteiger charge is 2.37. The molecule has 0 saturated carbocycles. The third-order valence-corrected chi connectivity index (χ3v) is 3.76. The predicted molar refractivity (Wildman–Crippen MR) is 80.2 cm³/mol. The first-order valence-corrected chi connectivity index (χ1v) is 6.62. The highest BCUT2D eigenvalue weighted by molar-refractivity contribution is 5.41. The Morgan fingerprint density at radius 3 is 1.74 bits per heavy atom. The zero-order valence-electron chi connectivity index (χ0n) is 11.3. The molecule has 0 radical (unpaired) electrons. The lowest BCUT2D eigenvalue weighted by Gasteiger charge is -2.37. The quantitative estimate of drug-likeness (QED) is 0.799. The Hall–Kier alpha value is -1.86. The van der Waals surface area contributed by atoms with E-state index in [1.807, 2.05) is 49.4 Å². The summed E-state index contributed by atoms with van der Waals surface area (Å²) in [4.78, 5) is 0. The largest absolute Gasteiger partial charge is 0.392 e. The van der Waals surface area contributed by atoms with Crippen molar-refractivity contribution < 1.29 is 5.11 Å². The number of hydrogen-bond acceptors (Lipinski definition) is 1. The molecule has 1 N–H and O–H groups in total. The molecule has 0 aromatic heterocycles. The van der Waals surface area contributed by atoms with Crippen molar-refractivity contribution in [2.75, 3.05) is 0 Å². The van der Waals surface area contributed by atoms with Crippen molar-refractivity contribution in [3.63, 3.8) is 0 Å². The predicted octanol–water partition coefficient (Wildman–Crippen LogP) is 3.93. The van der Waals surface area contributed by atoms with Crippen LogP contribution in [0, 0.1) is 0 Å². The summed E-state index contributed by atoms with van der Waals surface area (Å²) in [5.74, 6) is 0. The molecule has 0 aliphatic heterocycles. The Kier molecular flexibility index (Phi) is 4.18. The summed E-state index contributed by atoms with van der Waals surface area (Å²) < 4.78 is 0. The average Bonchev–Trinajstić information content (AvgIpc) is 2.46. The lowest BCUT2D eigenvalue weighted by atomic mass is 9.68. The molecule has 98 valence electrons. The van der Waals surface area contributed by atoms with Crippen LogP contribution < -0.4 is 0 Å². The number of rotatable bonds is 5. The number of allylic oxidation sites excluding steroid dienone is 1. The van der Waals surface area contributed by atoms with Crippen LogP contribution in [-0.4, -0.2) is 11.2 Å². The molecule has 0 aliphatic rings. The highest BCUT2D eigenvalue weighted by Crippen LogP contribution is 2.39. The molecule has 1 nitrogen and oxygen atoms in total. The van der Waals surface area contributed by atoms with E-state index in [9.17, 15) is 5.11 Å². The van der Waals surface area contributed by atoms with Crippen LogP contribution >= 0.6 is 0 Å². The summed E-state index contributed by atoms with van der Waals surface area (Å²) >= 11 is 0. The van der Waals surface area contributed by atoms with E-state index in [2.05, 4.69) is 30.8 Å². The second-order valence-electron chi connectivity index (χ2n) is 4.87. The summed E-state index contributed by atoms with van der Waals surface area (Å²) in [6.07, 6.45) is 2.10. The van der Waals surface area contributed by atoms with Crippen LogP contribution in [0.3, 0.4) is 0 Å². The molecular formula is C18H20O. The zero-order valence-corrected chi connectivity index (χ0v) is 11.3. The maximum Gasteiger partial charge on any atom is 0.0652 e. The van der Waals surface area contributed by atoms with Crippen molar-refractivity contribution in [3.8, 4) is 0 Å². The molecule has 1 atom stereocenters. The summed E-state index contributed by atoms with van der Waals surface area (Å²) in [6, 6.07) is 20.3. The van der Waals surface area contributed by atoms with Gasteiger partial charge in [-0.25, -0.2) is 0 Å². The van der Waals surface area contributed by atoms with Crippen LogP contribution in [0.4, 0.5) is 0 Å². The standard InChI is InChI=1S/C18H20O/c1-3-14-18(15(2)19,16-10-6-4-7-11-16)17-12-8-5-9-13-17/h3-13,15,19H,1,14H2,2H3/t15-/m0/s1. The van der Waals surface area contributed by atoms with Crippen molar-refractivity contribution in [1.29, 1.82) is 0 Å². The molecule has 0 amide bonds. The highest BCUT2D eigenvalue weighted by atomic mass is 16.3. The number of aliphatic hydroxyl groups excluding tert-OH is 1. The average molecular weight is 252 g/mol. The molecule has 1 heteroatoms. The van der Waals surface area contributed by atoms with E-state index in [0.717, 1.165) is 11.1 Å². The van der Waals surface area contributed by atoms with Crippen molar-refractivity contribution >= 4 is 0 Å². The van der Waals surface area contributed by atoms with E-state index < -0.39 is 11.5 Å². The van der Waals surface area contributed by atoms with Crippen molar-refractivity contribution in [2.45, 2.75) is 24.9 Å². The van der Waals surface area contributed by atoms with Gasteiger partial charge in [-0.3, -0.25) is 0 Å². The van der Waals surface area contributed by atoms with Gasteiger partial charge in [-0.2, -0.15) is 0 Å². The summed E-state index contributed by atoms with van der Waals surface area (Å²) in [6.45, 7) is 5.72. The van der Waals surface area contributed by atoms with Crippen molar-refractivity contribution in [2.24, 2.45) is 0 Å². The molecule has 0 aliphatic carbocycles. The molecule has 0 unspecified atom stereocenters. The van der Waals surface area contributed by atoms with Gasteiger partial charge in [0.25, 0.3) is 0 Å². The van der Waals surface area contributed by atoms with Crippen molar-refractivity contribution in [3.05, 3.63) is 84.4 Å². The fraction of sp³-hybridized carbons (Fsp3) is 0.222. The van der Waals surface area contributed by atoms with Crippen LogP contribution in [0.25, 0.3) is 0 Å². The maximum absolute atomic E-state index is 10.5. The third-order valence-electron chi connectivity index (χ3n) is 3.76. The van der Waals surface area contributed by atoms with Gasteiger partial charge in [0.1, 0.15) is 0 Å². The minimum atomic E-state index is -0.490. The molecule has 0 bridgehead atoms. The maximum atomic E-state index is 10.5. The molecule has 2 aromatic rings. The first kappa shape index (κ1) is 13.6. The Bertz CT molecular complexity index is 474. The molecule has 0 saturated heterocycles. The third kappa shape index (κ3) is 2.47. The van der Waals surface area contributed by atoms with Crippen LogP contribution in [0.15, 0.2) is 73.3 Å². The van der Waals surface area contributed by atoms with Gasteiger partial charge in [-0.1, -0.05) is 66.7 Å². The van der Waals surface area contributed by atoms with E-state index in [1.165, 1.54) is 0 Å². The minimum absolute atomic E-state index is 0.426. The van der Waals surface area contributed by atoms with Gasteiger partial charge in [0, 0.05) is 5.41 Å². The Morgan fingerprint density at radius 2 is 1.42 bits per heavy atom. The summed E-state index contributed by atoms with van der Waals surface area (Å²) in [5.41, 5.74) is 1.82. The van der Waals surface area contributed by atoms with E-state index in [-0.39, 0.29) is 0 Å². The fourth-order valence-electron chi connectivity index (χ4n) is 2.75. The Balaban J connectivity index is 2.64. The van der Waals surface area contributed by atoms with Crippen LogP contribution in [-0.2, 0) is 5.41 Å². The first-order valence-electron chi connectivity index (χ1n) is 6.62. The van der Waals surface area contributed by atoms with Gasteiger partial charge >= 0.3 is 0 Å². The van der Waals surface area contributed by atoms with Crippen LogP contribution in [0.5, 0.6) is 0 Å². The van der Waals surface area contributed by atoms with Gasteiger partial charge < -0.3 is 5.11 Å². The lowest BCUT2D eigenvalue weighted by molar-refractivity contribution is 0.120. The smallest absolute Gasteiger partial charge is 0.0652 e. The first-order chi connectivity index (χ1) is 9.21. The SMILES string of the molecule is C=CCC(c1ccccc1)(c1ccccc1)[C@H](C)O. The van der Waals surface area contributed by atoms with E-state index in [4.69, 9.17) is 0 Å². The van der Waals surface area contributed by atoms with Crippen molar-refractivity contribution in [1.82, 2.24) is 0 Å². The normalized spacial score (nSPS) is 12.9. The lowest BCUT2D eigenvalue weighted by Crippen LogP contribution is -2.38. The number of hydrogen-bond donors (Lipinski definition) is 1. The topological polar surface area (TPSA) is 20.2 Å². The summed E-state index contributed by atoms with van der Waals surface area (Å²) in [7, 11) is 0. The van der Waals surface area contributed by atoms with E-state index >= 15 is 0 Å². The van der Waals surface area contributed by atoms with Crippen LogP contribution in [0.2, 0.25) is 0 Å². The van der Waals surface area contributed by atoms with Gasteiger partial charge in [0.15, 0.2) is 0 Å². The van der Waals surface area contributed by atoms with Gasteiger partial charge in [0.2, 0.25) is 0 Å².